The quantitative estimate of drug-likeness (QED) is 0.746. The van der Waals surface area contributed by atoms with Crippen LogP contribution in [-0.2, 0) is 4.74 Å². The molecule has 1 saturated carbocycles. The molecular formula is C14H22N4O2S. The molecule has 1 amide bonds. The van der Waals surface area contributed by atoms with Crippen molar-refractivity contribution in [2.75, 3.05) is 24.2 Å². The number of aromatic nitrogens is 1. The number of hydrogen-bond acceptors (Lipinski definition) is 6. The number of nitrogen functional groups attached to an aromatic ring is 1. The van der Waals surface area contributed by atoms with Gasteiger partial charge < -0.3 is 21.1 Å². The van der Waals surface area contributed by atoms with Gasteiger partial charge in [0.25, 0.3) is 5.91 Å². The van der Waals surface area contributed by atoms with Gasteiger partial charge in [0, 0.05) is 25.1 Å². The highest BCUT2D eigenvalue weighted by atomic mass is 32.1. The van der Waals surface area contributed by atoms with Gasteiger partial charge in [0.1, 0.15) is 10.6 Å². The zero-order valence-electron chi connectivity index (χ0n) is 12.2. The second-order valence-electron chi connectivity index (χ2n) is 5.77. The first-order valence-electron chi connectivity index (χ1n) is 7.60. The smallest absolute Gasteiger partial charge is 0.258 e. The van der Waals surface area contributed by atoms with Gasteiger partial charge in [-0.15, -0.1) is 0 Å². The second kappa shape index (κ2) is 6.19. The summed E-state index contributed by atoms with van der Waals surface area (Å²) < 4.78 is 9.81. The van der Waals surface area contributed by atoms with Gasteiger partial charge in [0.15, 0.2) is 5.82 Å². The van der Waals surface area contributed by atoms with Crippen molar-refractivity contribution < 1.29 is 9.53 Å². The van der Waals surface area contributed by atoms with Crippen LogP contribution in [0, 0.1) is 5.92 Å². The summed E-state index contributed by atoms with van der Waals surface area (Å²) in [6.45, 7) is 3.76. The van der Waals surface area contributed by atoms with Gasteiger partial charge in [-0.1, -0.05) is 6.92 Å². The third-order valence-corrected chi connectivity index (χ3v) is 4.95. The lowest BCUT2D eigenvalue weighted by Gasteiger charge is -2.17. The van der Waals surface area contributed by atoms with Gasteiger partial charge in [0.05, 0.1) is 6.10 Å². The van der Waals surface area contributed by atoms with Crippen LogP contribution in [0.3, 0.4) is 0 Å². The second-order valence-corrected chi connectivity index (χ2v) is 6.54. The van der Waals surface area contributed by atoms with E-state index in [0.717, 1.165) is 43.8 Å². The molecule has 1 aromatic rings. The fourth-order valence-electron chi connectivity index (χ4n) is 2.73. The SMILES string of the molecule is CCC1OCCC1CNc1snc(N)c1C(=O)NC1CC1. The summed E-state index contributed by atoms with van der Waals surface area (Å²) in [6, 6.07) is 0.317. The first-order valence-corrected chi connectivity index (χ1v) is 8.37. The summed E-state index contributed by atoms with van der Waals surface area (Å²) in [5.41, 5.74) is 6.35. The Bertz CT molecular complexity index is 515. The van der Waals surface area contributed by atoms with E-state index in [1.807, 2.05) is 0 Å². The van der Waals surface area contributed by atoms with Crippen molar-refractivity contribution in [3.8, 4) is 0 Å². The molecule has 1 saturated heterocycles. The number of nitrogens with one attached hydrogen (secondary N) is 2. The highest BCUT2D eigenvalue weighted by Gasteiger charge is 2.29. The van der Waals surface area contributed by atoms with E-state index in [1.165, 1.54) is 11.5 Å². The number of rotatable bonds is 6. The van der Waals surface area contributed by atoms with Crippen LogP contribution in [-0.4, -0.2) is 35.6 Å². The van der Waals surface area contributed by atoms with Crippen LogP contribution in [0.15, 0.2) is 0 Å². The Hall–Kier alpha value is -1.34. The average molecular weight is 310 g/mol. The van der Waals surface area contributed by atoms with E-state index < -0.39 is 0 Å². The Labute approximate surface area is 128 Å². The van der Waals surface area contributed by atoms with Crippen molar-refractivity contribution in [3.05, 3.63) is 5.56 Å². The summed E-state index contributed by atoms with van der Waals surface area (Å²) in [6.07, 6.45) is 4.51. The van der Waals surface area contributed by atoms with Crippen molar-refractivity contribution >= 4 is 28.3 Å². The highest BCUT2D eigenvalue weighted by molar-refractivity contribution is 7.11. The van der Waals surface area contributed by atoms with E-state index in [-0.39, 0.29) is 5.91 Å². The number of carbonyl (C=O) groups is 1. The van der Waals surface area contributed by atoms with E-state index in [0.29, 0.717) is 29.4 Å². The lowest BCUT2D eigenvalue weighted by atomic mass is 10.00. The van der Waals surface area contributed by atoms with Crippen molar-refractivity contribution in [1.29, 1.82) is 0 Å². The van der Waals surface area contributed by atoms with Crippen LogP contribution in [0.4, 0.5) is 10.8 Å². The number of carbonyl (C=O) groups excluding carboxylic acids is 1. The number of hydrogen-bond donors (Lipinski definition) is 3. The molecule has 7 heteroatoms. The number of anilines is 2. The van der Waals surface area contributed by atoms with E-state index in [4.69, 9.17) is 10.5 Å². The summed E-state index contributed by atoms with van der Waals surface area (Å²) in [4.78, 5) is 12.2. The summed E-state index contributed by atoms with van der Waals surface area (Å²) >= 11 is 1.26. The van der Waals surface area contributed by atoms with Crippen molar-refractivity contribution in [1.82, 2.24) is 9.69 Å². The van der Waals surface area contributed by atoms with Crippen LogP contribution >= 0.6 is 11.5 Å². The summed E-state index contributed by atoms with van der Waals surface area (Å²) in [5, 5.41) is 7.09. The van der Waals surface area contributed by atoms with Gasteiger partial charge in [-0.3, -0.25) is 4.79 Å². The maximum atomic E-state index is 12.2. The Morgan fingerprint density at radius 1 is 1.48 bits per heavy atom. The van der Waals surface area contributed by atoms with Crippen molar-refractivity contribution in [3.63, 3.8) is 0 Å². The zero-order valence-corrected chi connectivity index (χ0v) is 13.0. The number of ether oxygens (including phenoxy) is 1. The number of amides is 1. The van der Waals surface area contributed by atoms with Crippen LogP contribution in [0.5, 0.6) is 0 Å². The molecule has 1 aliphatic carbocycles. The number of nitrogens with two attached hydrogens (primary N) is 1. The highest BCUT2D eigenvalue weighted by Crippen LogP contribution is 2.30. The van der Waals surface area contributed by atoms with Gasteiger partial charge in [-0.05, 0) is 37.2 Å². The van der Waals surface area contributed by atoms with E-state index >= 15 is 0 Å². The molecule has 2 fully saturated rings. The van der Waals surface area contributed by atoms with Crippen molar-refractivity contribution in [2.45, 2.75) is 44.8 Å². The predicted molar refractivity (Wildman–Crippen MR) is 83.6 cm³/mol. The molecule has 21 heavy (non-hydrogen) atoms. The fourth-order valence-corrected chi connectivity index (χ4v) is 3.45. The maximum absolute atomic E-state index is 12.2. The van der Waals surface area contributed by atoms with E-state index in [1.54, 1.807) is 0 Å². The Balaban J connectivity index is 1.63. The minimum Gasteiger partial charge on any atom is -0.382 e. The third kappa shape index (κ3) is 3.29. The Kier molecular flexibility index (Phi) is 4.30. The van der Waals surface area contributed by atoms with E-state index in [9.17, 15) is 4.79 Å². The van der Waals surface area contributed by atoms with Gasteiger partial charge in [-0.2, -0.15) is 4.37 Å². The lowest BCUT2D eigenvalue weighted by Crippen LogP contribution is -2.27. The molecule has 1 aromatic heterocycles. The average Bonchev–Trinajstić information content (AvgIpc) is 3.02. The first kappa shape index (κ1) is 14.6. The fraction of sp³-hybridized carbons (Fsp3) is 0.714. The third-order valence-electron chi connectivity index (χ3n) is 4.13. The molecule has 0 spiro atoms. The van der Waals surface area contributed by atoms with Crippen molar-refractivity contribution in [2.24, 2.45) is 5.92 Å². The maximum Gasteiger partial charge on any atom is 0.258 e. The molecular weight excluding hydrogens is 288 g/mol. The molecule has 2 aliphatic rings. The molecule has 116 valence electrons. The molecule has 2 heterocycles. The molecule has 6 nitrogen and oxygen atoms in total. The standard InChI is InChI=1S/C14H22N4O2S/c1-2-10-8(5-6-20-10)7-16-14-11(12(15)18-21-14)13(19)17-9-3-4-9/h8-10,16H,2-7H2,1H3,(H2,15,18)(H,17,19). The minimum absolute atomic E-state index is 0.110. The van der Waals surface area contributed by atoms with Crippen LogP contribution in [0.2, 0.25) is 0 Å². The first-order chi connectivity index (χ1) is 10.2. The molecule has 0 aromatic carbocycles. The van der Waals surface area contributed by atoms with Gasteiger partial charge >= 0.3 is 0 Å². The zero-order chi connectivity index (χ0) is 14.8. The molecule has 2 atom stereocenters. The van der Waals surface area contributed by atoms with Gasteiger partial charge in [0.2, 0.25) is 0 Å². The summed E-state index contributed by atoms with van der Waals surface area (Å²) in [7, 11) is 0. The molecule has 3 rings (SSSR count). The van der Waals surface area contributed by atoms with Crippen LogP contribution in [0.1, 0.15) is 43.0 Å². The van der Waals surface area contributed by atoms with Crippen LogP contribution in [0.25, 0.3) is 0 Å². The topological polar surface area (TPSA) is 89.3 Å². The normalized spacial score (nSPS) is 25.0. The molecule has 4 N–H and O–H groups in total. The predicted octanol–water partition coefficient (Wildman–Crippen LogP) is 1.84. The molecule has 0 radical (unpaired) electrons. The molecule has 2 unspecified atom stereocenters. The molecule has 1 aliphatic heterocycles. The Morgan fingerprint density at radius 3 is 3.00 bits per heavy atom. The monoisotopic (exact) mass is 310 g/mol. The minimum atomic E-state index is -0.110. The van der Waals surface area contributed by atoms with Crippen LogP contribution < -0.4 is 16.4 Å². The molecule has 0 bridgehead atoms. The largest absolute Gasteiger partial charge is 0.382 e. The van der Waals surface area contributed by atoms with E-state index in [2.05, 4.69) is 21.9 Å². The lowest BCUT2D eigenvalue weighted by molar-refractivity contribution is 0.0900. The summed E-state index contributed by atoms with van der Waals surface area (Å²) in [5.74, 6) is 0.689. The Morgan fingerprint density at radius 2 is 2.29 bits per heavy atom. The number of nitrogens with zero attached hydrogens (tertiary/aromatic N) is 1. The van der Waals surface area contributed by atoms with Gasteiger partial charge in [-0.25, -0.2) is 0 Å².